The third-order valence-corrected chi connectivity index (χ3v) is 3.26. The lowest BCUT2D eigenvalue weighted by Gasteiger charge is -2.37. The molecule has 1 saturated heterocycles. The fourth-order valence-corrected chi connectivity index (χ4v) is 2.39. The van der Waals surface area contributed by atoms with E-state index in [1.807, 2.05) is 6.07 Å². The van der Waals surface area contributed by atoms with E-state index in [2.05, 4.69) is 5.32 Å². The monoisotopic (exact) mass is 191 g/mol. The van der Waals surface area contributed by atoms with Gasteiger partial charge in [-0.2, -0.15) is 0 Å². The van der Waals surface area contributed by atoms with E-state index in [-0.39, 0.29) is 17.0 Å². The zero-order valence-electron chi connectivity index (χ0n) is 7.64. The molecule has 0 saturated carbocycles. The zero-order valence-corrected chi connectivity index (χ0v) is 7.64. The number of carbonyl (C=O) groups is 1. The molecule has 1 fully saturated rings. The van der Waals surface area contributed by atoms with Crippen LogP contribution < -0.4 is 5.32 Å². The Labute approximate surface area is 81.1 Å². The van der Waals surface area contributed by atoms with Crippen molar-refractivity contribution in [1.29, 1.82) is 0 Å². The van der Waals surface area contributed by atoms with E-state index >= 15 is 0 Å². The van der Waals surface area contributed by atoms with Crippen molar-refractivity contribution >= 4 is 5.78 Å². The van der Waals surface area contributed by atoms with Crippen LogP contribution in [0.4, 0.5) is 4.39 Å². The second-order valence-corrected chi connectivity index (χ2v) is 4.16. The highest BCUT2D eigenvalue weighted by atomic mass is 19.1. The van der Waals surface area contributed by atoms with Crippen LogP contribution in [0, 0.1) is 11.2 Å². The van der Waals surface area contributed by atoms with Gasteiger partial charge in [-0.15, -0.1) is 0 Å². The summed E-state index contributed by atoms with van der Waals surface area (Å²) in [5.41, 5.74) is 0.885. The van der Waals surface area contributed by atoms with E-state index in [1.54, 1.807) is 6.07 Å². The summed E-state index contributed by atoms with van der Waals surface area (Å²) >= 11 is 0. The van der Waals surface area contributed by atoms with Crippen LogP contribution in [0.2, 0.25) is 0 Å². The van der Waals surface area contributed by atoms with E-state index < -0.39 is 0 Å². The van der Waals surface area contributed by atoms with E-state index in [9.17, 15) is 9.18 Å². The van der Waals surface area contributed by atoms with Gasteiger partial charge in [0.15, 0.2) is 5.78 Å². The Kier molecular flexibility index (Phi) is 1.40. The number of nitrogens with one attached hydrogen (secondary N) is 1. The first-order valence-corrected chi connectivity index (χ1v) is 4.76. The number of benzene rings is 1. The van der Waals surface area contributed by atoms with Gasteiger partial charge in [0.25, 0.3) is 0 Å². The Morgan fingerprint density at radius 3 is 2.71 bits per heavy atom. The highest BCUT2D eigenvalue weighted by molar-refractivity contribution is 6.06. The molecule has 0 radical (unpaired) electrons. The van der Waals surface area contributed by atoms with Crippen LogP contribution >= 0.6 is 0 Å². The van der Waals surface area contributed by atoms with Crippen LogP contribution in [0.5, 0.6) is 0 Å². The molecule has 1 N–H and O–H groups in total. The molecule has 72 valence electrons. The minimum atomic E-state index is -0.365. The quantitative estimate of drug-likeness (QED) is 0.666. The summed E-state index contributed by atoms with van der Waals surface area (Å²) < 4.78 is 13.4. The van der Waals surface area contributed by atoms with Crippen molar-refractivity contribution in [1.82, 2.24) is 5.32 Å². The van der Waals surface area contributed by atoms with Crippen molar-refractivity contribution < 1.29 is 9.18 Å². The highest BCUT2D eigenvalue weighted by Crippen LogP contribution is 2.40. The van der Waals surface area contributed by atoms with E-state index in [0.717, 1.165) is 5.56 Å². The Bertz CT molecular complexity index is 423. The second-order valence-electron chi connectivity index (χ2n) is 4.16. The summed E-state index contributed by atoms with van der Waals surface area (Å²) in [4.78, 5) is 11.9. The van der Waals surface area contributed by atoms with Crippen LogP contribution in [-0.2, 0) is 6.42 Å². The van der Waals surface area contributed by atoms with Crippen molar-refractivity contribution in [2.45, 2.75) is 6.42 Å². The first-order chi connectivity index (χ1) is 6.73. The molecule has 0 aromatic heterocycles. The molecule has 1 aromatic rings. The van der Waals surface area contributed by atoms with Crippen LogP contribution in [0.15, 0.2) is 18.2 Å². The average molecular weight is 191 g/mol. The Hall–Kier alpha value is -1.22. The maximum Gasteiger partial charge on any atom is 0.175 e. The fourth-order valence-electron chi connectivity index (χ4n) is 2.39. The Morgan fingerprint density at radius 2 is 2.14 bits per heavy atom. The first kappa shape index (κ1) is 8.12. The maximum absolute atomic E-state index is 13.4. The number of hydrogen-bond acceptors (Lipinski definition) is 2. The van der Waals surface area contributed by atoms with Gasteiger partial charge >= 0.3 is 0 Å². The summed E-state index contributed by atoms with van der Waals surface area (Å²) in [5, 5.41) is 3.09. The molecule has 2 nitrogen and oxygen atoms in total. The number of hydrogen-bond donors (Lipinski definition) is 1. The van der Waals surface area contributed by atoms with Crippen LogP contribution in [0.1, 0.15) is 15.9 Å². The molecule has 0 unspecified atom stereocenters. The third kappa shape index (κ3) is 0.805. The van der Waals surface area contributed by atoms with E-state index in [1.165, 1.54) is 6.07 Å². The smallest absolute Gasteiger partial charge is 0.175 e. The number of halogens is 1. The molecule has 3 heteroatoms. The second kappa shape index (κ2) is 2.42. The van der Waals surface area contributed by atoms with Crippen molar-refractivity contribution in [2.24, 2.45) is 5.41 Å². The Balaban J connectivity index is 2.15. The summed E-state index contributed by atoms with van der Waals surface area (Å²) in [6.07, 6.45) is 0.700. The highest BCUT2D eigenvalue weighted by Gasteiger charge is 2.50. The van der Waals surface area contributed by atoms with Crippen molar-refractivity contribution in [3.63, 3.8) is 0 Å². The molecule has 0 bridgehead atoms. The van der Waals surface area contributed by atoms with E-state index in [4.69, 9.17) is 0 Å². The predicted octanol–water partition coefficient (Wildman–Crippen LogP) is 1.15. The zero-order chi connectivity index (χ0) is 9.76. The van der Waals surface area contributed by atoms with Gasteiger partial charge in [-0.25, -0.2) is 4.39 Å². The topological polar surface area (TPSA) is 29.1 Å². The minimum absolute atomic E-state index is 0.00986. The lowest BCUT2D eigenvalue weighted by Crippen LogP contribution is -2.57. The van der Waals surface area contributed by atoms with Crippen LogP contribution in [0.25, 0.3) is 0 Å². The molecular weight excluding hydrogens is 181 g/mol. The Morgan fingerprint density at radius 1 is 1.36 bits per heavy atom. The standard InChI is InChI=1S/C11H10FNO/c12-8-3-1-2-7-4-11(5-13-6-11)10(14)9(7)8/h1-3,13H,4-6H2. The molecule has 14 heavy (non-hydrogen) atoms. The number of rotatable bonds is 0. The minimum Gasteiger partial charge on any atom is -0.315 e. The SMILES string of the molecule is O=C1c2c(F)cccc2CC12CNC2. The fraction of sp³-hybridized carbons (Fsp3) is 0.364. The predicted molar refractivity (Wildman–Crippen MR) is 49.7 cm³/mol. The van der Waals surface area contributed by atoms with Crippen LogP contribution in [-0.4, -0.2) is 18.9 Å². The number of fused-ring (bicyclic) bond motifs is 1. The number of carbonyl (C=O) groups excluding carboxylic acids is 1. The van der Waals surface area contributed by atoms with Crippen molar-refractivity contribution in [3.8, 4) is 0 Å². The molecule has 1 spiro atoms. The van der Waals surface area contributed by atoms with Gasteiger partial charge in [0, 0.05) is 13.1 Å². The lowest BCUT2D eigenvalue weighted by molar-refractivity contribution is 0.0714. The number of ketones is 1. The molecule has 1 aliphatic heterocycles. The molecular formula is C11H10FNO. The molecule has 1 aromatic carbocycles. The average Bonchev–Trinajstić information content (AvgIpc) is 2.40. The molecule has 1 heterocycles. The van der Waals surface area contributed by atoms with E-state index in [0.29, 0.717) is 25.1 Å². The maximum atomic E-state index is 13.4. The molecule has 3 rings (SSSR count). The summed E-state index contributed by atoms with van der Waals surface area (Å²) in [6, 6.07) is 4.89. The van der Waals surface area contributed by atoms with Crippen molar-refractivity contribution in [3.05, 3.63) is 35.1 Å². The molecule has 2 aliphatic rings. The lowest BCUT2D eigenvalue weighted by atomic mass is 9.78. The van der Waals surface area contributed by atoms with Gasteiger partial charge in [0.1, 0.15) is 5.82 Å². The molecule has 0 atom stereocenters. The normalized spacial score (nSPS) is 22.2. The summed E-state index contributed by atoms with van der Waals surface area (Å²) in [6.45, 7) is 1.39. The van der Waals surface area contributed by atoms with Gasteiger partial charge in [-0.3, -0.25) is 4.79 Å². The largest absolute Gasteiger partial charge is 0.315 e. The molecule has 0 amide bonds. The first-order valence-electron chi connectivity index (χ1n) is 4.76. The van der Waals surface area contributed by atoms with Crippen LogP contribution in [0.3, 0.4) is 0 Å². The molecule has 1 aliphatic carbocycles. The van der Waals surface area contributed by atoms with Gasteiger partial charge in [0.2, 0.25) is 0 Å². The third-order valence-electron chi connectivity index (χ3n) is 3.26. The van der Waals surface area contributed by atoms with Gasteiger partial charge < -0.3 is 5.32 Å². The van der Waals surface area contributed by atoms with Gasteiger partial charge in [-0.05, 0) is 18.1 Å². The van der Waals surface area contributed by atoms with Gasteiger partial charge in [-0.1, -0.05) is 12.1 Å². The summed E-state index contributed by atoms with van der Waals surface area (Å²) in [5.74, 6) is -0.374. The number of Topliss-reactive ketones (excluding diaryl/α,β-unsaturated/α-hetero) is 1. The van der Waals surface area contributed by atoms with Gasteiger partial charge in [0.05, 0.1) is 11.0 Å². The van der Waals surface area contributed by atoms with Crippen molar-refractivity contribution in [2.75, 3.05) is 13.1 Å². The summed E-state index contributed by atoms with van der Waals surface area (Å²) in [7, 11) is 0.